The molecule has 2 rings (SSSR count). The molecule has 2 heterocycles. The molecule has 1 fully saturated rings. The third-order valence-corrected chi connectivity index (χ3v) is 2.89. The molecule has 1 saturated heterocycles. The van der Waals surface area contributed by atoms with Crippen LogP contribution >= 0.6 is 0 Å². The highest BCUT2D eigenvalue weighted by Gasteiger charge is 2.26. The lowest BCUT2D eigenvalue weighted by Gasteiger charge is -2.25. The summed E-state index contributed by atoms with van der Waals surface area (Å²) in [5, 5.41) is 0. The van der Waals surface area contributed by atoms with Gasteiger partial charge in [-0.05, 0) is 25.0 Å². The van der Waals surface area contributed by atoms with Crippen LogP contribution in [0.2, 0.25) is 0 Å². The second-order valence-corrected chi connectivity index (χ2v) is 3.75. The van der Waals surface area contributed by atoms with E-state index in [0.717, 1.165) is 24.5 Å². The number of hydrogen-bond acceptors (Lipinski definition) is 4. The van der Waals surface area contributed by atoms with Crippen molar-refractivity contribution in [3.8, 4) is 5.75 Å². The summed E-state index contributed by atoms with van der Waals surface area (Å²) < 4.78 is 5.31. The molecule has 1 aliphatic rings. The van der Waals surface area contributed by atoms with Gasteiger partial charge in [-0.1, -0.05) is 0 Å². The predicted octanol–water partition coefficient (Wildman–Crippen LogP) is 1.02. The van der Waals surface area contributed by atoms with Gasteiger partial charge in [0.25, 0.3) is 0 Å². The molecule has 82 valence electrons. The number of hydrogen-bond donors (Lipinski definition) is 1. The first kappa shape index (κ1) is 10.2. The fourth-order valence-electron chi connectivity index (χ4n) is 2.12. The fourth-order valence-corrected chi connectivity index (χ4v) is 2.12. The Hall–Kier alpha value is -1.29. The van der Waals surface area contributed by atoms with Gasteiger partial charge in [0.15, 0.2) is 11.6 Å². The minimum atomic E-state index is 0.411. The lowest BCUT2D eigenvalue weighted by molar-refractivity contribution is 0.411. The Morgan fingerprint density at radius 1 is 1.67 bits per heavy atom. The van der Waals surface area contributed by atoms with Gasteiger partial charge < -0.3 is 15.4 Å². The Labute approximate surface area is 90.0 Å². The number of methoxy groups -OCH3 is 1. The van der Waals surface area contributed by atoms with E-state index in [1.54, 1.807) is 13.3 Å². The van der Waals surface area contributed by atoms with Crippen LogP contribution in [0.5, 0.6) is 5.75 Å². The third-order valence-electron chi connectivity index (χ3n) is 2.89. The van der Waals surface area contributed by atoms with Gasteiger partial charge in [-0.25, -0.2) is 4.98 Å². The number of pyridine rings is 1. The van der Waals surface area contributed by atoms with E-state index in [9.17, 15) is 0 Å². The number of nitrogens with two attached hydrogens (primary N) is 1. The fraction of sp³-hybridized carbons (Fsp3) is 0.545. The maximum absolute atomic E-state index is 5.74. The summed E-state index contributed by atoms with van der Waals surface area (Å²) >= 11 is 0. The second-order valence-electron chi connectivity index (χ2n) is 3.75. The van der Waals surface area contributed by atoms with Crippen LogP contribution in [0.4, 0.5) is 5.82 Å². The Bertz CT molecular complexity index is 329. The van der Waals surface area contributed by atoms with Crippen molar-refractivity contribution in [2.75, 3.05) is 25.1 Å². The van der Waals surface area contributed by atoms with E-state index in [0.29, 0.717) is 12.6 Å². The summed E-state index contributed by atoms with van der Waals surface area (Å²) in [6.07, 6.45) is 4.13. The minimum Gasteiger partial charge on any atom is -0.493 e. The van der Waals surface area contributed by atoms with Gasteiger partial charge in [-0.3, -0.25) is 0 Å². The smallest absolute Gasteiger partial charge is 0.171 e. The monoisotopic (exact) mass is 207 g/mol. The number of nitrogens with zero attached hydrogens (tertiary/aromatic N) is 2. The molecule has 1 unspecified atom stereocenters. The highest BCUT2D eigenvalue weighted by Crippen LogP contribution is 2.30. The quantitative estimate of drug-likeness (QED) is 0.804. The molecular weight excluding hydrogens is 190 g/mol. The summed E-state index contributed by atoms with van der Waals surface area (Å²) in [7, 11) is 1.67. The predicted molar refractivity (Wildman–Crippen MR) is 60.2 cm³/mol. The number of aromatic nitrogens is 1. The van der Waals surface area contributed by atoms with Crippen LogP contribution in [0, 0.1) is 0 Å². The molecule has 1 atom stereocenters. The van der Waals surface area contributed by atoms with Crippen molar-refractivity contribution in [3.05, 3.63) is 18.3 Å². The van der Waals surface area contributed by atoms with Gasteiger partial charge in [0.1, 0.15) is 0 Å². The number of rotatable bonds is 3. The normalized spacial score (nSPS) is 20.7. The zero-order chi connectivity index (χ0) is 10.7. The SMILES string of the molecule is COc1cccnc1N1CCCC1CN. The first-order valence-electron chi connectivity index (χ1n) is 5.32. The standard InChI is InChI=1S/C11H17N3O/c1-15-10-5-2-6-13-11(10)14-7-3-4-9(14)8-12/h2,5-6,9H,3-4,7-8,12H2,1H3. The van der Waals surface area contributed by atoms with E-state index in [1.165, 1.54) is 6.42 Å². The Morgan fingerprint density at radius 2 is 2.53 bits per heavy atom. The van der Waals surface area contributed by atoms with Crippen LogP contribution in [0.15, 0.2) is 18.3 Å². The highest BCUT2D eigenvalue weighted by molar-refractivity contribution is 5.53. The minimum absolute atomic E-state index is 0.411. The average molecular weight is 207 g/mol. The van der Waals surface area contributed by atoms with Crippen molar-refractivity contribution in [1.82, 2.24) is 4.98 Å². The number of ether oxygens (including phenoxy) is 1. The average Bonchev–Trinajstić information content (AvgIpc) is 2.76. The lowest BCUT2D eigenvalue weighted by Crippen LogP contribution is -2.36. The van der Waals surface area contributed by atoms with Crippen LogP contribution in [0.3, 0.4) is 0 Å². The molecule has 0 saturated carbocycles. The molecule has 1 aromatic rings. The summed E-state index contributed by atoms with van der Waals surface area (Å²) in [6.45, 7) is 1.70. The van der Waals surface area contributed by atoms with Crippen molar-refractivity contribution in [1.29, 1.82) is 0 Å². The van der Waals surface area contributed by atoms with Gasteiger partial charge in [0, 0.05) is 25.3 Å². The van der Waals surface area contributed by atoms with Crippen molar-refractivity contribution in [2.24, 2.45) is 5.73 Å². The van der Waals surface area contributed by atoms with Crippen LogP contribution < -0.4 is 15.4 Å². The molecule has 4 nitrogen and oxygen atoms in total. The van der Waals surface area contributed by atoms with Crippen molar-refractivity contribution >= 4 is 5.82 Å². The molecule has 1 aromatic heterocycles. The lowest BCUT2D eigenvalue weighted by atomic mass is 10.2. The Kier molecular flexibility index (Phi) is 3.06. The molecule has 0 radical (unpaired) electrons. The van der Waals surface area contributed by atoms with Gasteiger partial charge in [-0.2, -0.15) is 0 Å². The van der Waals surface area contributed by atoms with Crippen molar-refractivity contribution in [3.63, 3.8) is 0 Å². The van der Waals surface area contributed by atoms with Crippen molar-refractivity contribution < 1.29 is 4.74 Å². The maximum atomic E-state index is 5.74. The van der Waals surface area contributed by atoms with E-state index in [-0.39, 0.29) is 0 Å². The zero-order valence-electron chi connectivity index (χ0n) is 9.02. The van der Waals surface area contributed by atoms with Crippen LogP contribution in [-0.4, -0.2) is 31.2 Å². The Morgan fingerprint density at radius 3 is 3.27 bits per heavy atom. The molecule has 15 heavy (non-hydrogen) atoms. The van der Waals surface area contributed by atoms with Gasteiger partial charge in [0.2, 0.25) is 0 Å². The van der Waals surface area contributed by atoms with Crippen LogP contribution in [0.1, 0.15) is 12.8 Å². The van der Waals surface area contributed by atoms with Crippen LogP contribution in [-0.2, 0) is 0 Å². The topological polar surface area (TPSA) is 51.4 Å². The molecule has 4 heteroatoms. The molecule has 0 spiro atoms. The van der Waals surface area contributed by atoms with E-state index >= 15 is 0 Å². The molecule has 0 aromatic carbocycles. The zero-order valence-corrected chi connectivity index (χ0v) is 9.02. The highest BCUT2D eigenvalue weighted by atomic mass is 16.5. The summed E-state index contributed by atoms with van der Waals surface area (Å²) in [5.41, 5.74) is 5.74. The first-order chi connectivity index (χ1) is 7.36. The molecular formula is C11H17N3O. The van der Waals surface area contributed by atoms with Gasteiger partial charge in [-0.15, -0.1) is 0 Å². The van der Waals surface area contributed by atoms with E-state index < -0.39 is 0 Å². The summed E-state index contributed by atoms with van der Waals surface area (Å²) in [5.74, 6) is 1.76. The molecule has 0 aliphatic carbocycles. The van der Waals surface area contributed by atoms with Gasteiger partial charge in [0.05, 0.1) is 7.11 Å². The van der Waals surface area contributed by atoms with Crippen molar-refractivity contribution in [2.45, 2.75) is 18.9 Å². The molecule has 2 N–H and O–H groups in total. The first-order valence-corrected chi connectivity index (χ1v) is 5.32. The van der Waals surface area contributed by atoms with E-state index in [4.69, 9.17) is 10.5 Å². The summed E-state index contributed by atoms with van der Waals surface area (Å²) in [4.78, 5) is 6.62. The van der Waals surface area contributed by atoms with E-state index in [2.05, 4.69) is 9.88 Å². The van der Waals surface area contributed by atoms with E-state index in [1.807, 2.05) is 12.1 Å². The summed E-state index contributed by atoms with van der Waals surface area (Å²) in [6, 6.07) is 4.23. The third kappa shape index (κ3) is 1.90. The van der Waals surface area contributed by atoms with Gasteiger partial charge >= 0.3 is 0 Å². The number of anilines is 1. The Balaban J connectivity index is 2.27. The second kappa shape index (κ2) is 4.49. The van der Waals surface area contributed by atoms with Crippen LogP contribution in [0.25, 0.3) is 0 Å². The largest absolute Gasteiger partial charge is 0.493 e. The molecule has 1 aliphatic heterocycles. The maximum Gasteiger partial charge on any atom is 0.171 e. The molecule has 0 amide bonds. The molecule has 0 bridgehead atoms.